The average Bonchev–Trinajstić information content (AvgIpc) is 2.54. The van der Waals surface area contributed by atoms with Crippen molar-refractivity contribution in [2.75, 3.05) is 6.61 Å². The van der Waals surface area contributed by atoms with E-state index >= 15 is 0 Å². The van der Waals surface area contributed by atoms with E-state index in [0.717, 1.165) is 4.47 Å². The summed E-state index contributed by atoms with van der Waals surface area (Å²) in [5, 5.41) is 0.748. The third-order valence-corrected chi connectivity index (χ3v) is 4.10. The first-order valence-electron chi connectivity index (χ1n) is 6.94. The molecule has 0 fully saturated rings. The normalized spacial score (nSPS) is 11.7. The standard InChI is InChI=1S/C17H13BrCl2O4/c1-10(17(22)11-2-4-12(18)5-3-11)24-16(21)9-23-15-7-6-13(19)8-14(15)20/h2-8,10H,9H2,1H3/t10-/m0/s1. The van der Waals surface area contributed by atoms with Crippen molar-refractivity contribution in [2.45, 2.75) is 13.0 Å². The highest BCUT2D eigenvalue weighted by Crippen LogP contribution is 2.27. The third kappa shape index (κ3) is 5.23. The van der Waals surface area contributed by atoms with Crippen LogP contribution in [0.1, 0.15) is 17.3 Å². The number of esters is 1. The minimum Gasteiger partial charge on any atom is -0.480 e. The Morgan fingerprint density at radius 1 is 1.12 bits per heavy atom. The molecule has 0 saturated heterocycles. The van der Waals surface area contributed by atoms with Crippen molar-refractivity contribution >= 4 is 50.9 Å². The van der Waals surface area contributed by atoms with Gasteiger partial charge in [0.15, 0.2) is 12.7 Å². The first-order chi connectivity index (χ1) is 11.4. The number of hydrogen-bond donors (Lipinski definition) is 0. The number of ether oxygens (including phenoxy) is 2. The van der Waals surface area contributed by atoms with Gasteiger partial charge in [0.05, 0.1) is 5.02 Å². The minimum absolute atomic E-state index is 0.286. The molecule has 4 nitrogen and oxygen atoms in total. The van der Waals surface area contributed by atoms with Crippen LogP contribution >= 0.6 is 39.1 Å². The van der Waals surface area contributed by atoms with Gasteiger partial charge in [-0.3, -0.25) is 4.79 Å². The summed E-state index contributed by atoms with van der Waals surface area (Å²) < 4.78 is 11.2. The summed E-state index contributed by atoms with van der Waals surface area (Å²) in [5.41, 5.74) is 0.458. The van der Waals surface area contributed by atoms with E-state index in [-0.39, 0.29) is 17.4 Å². The highest BCUT2D eigenvalue weighted by molar-refractivity contribution is 9.10. The zero-order valence-electron chi connectivity index (χ0n) is 12.6. The van der Waals surface area contributed by atoms with Gasteiger partial charge in [0, 0.05) is 15.1 Å². The van der Waals surface area contributed by atoms with E-state index in [9.17, 15) is 9.59 Å². The van der Waals surface area contributed by atoms with Crippen LogP contribution in [0, 0.1) is 0 Å². The van der Waals surface area contributed by atoms with E-state index in [1.54, 1.807) is 36.4 Å². The van der Waals surface area contributed by atoms with Gasteiger partial charge < -0.3 is 9.47 Å². The molecule has 0 N–H and O–H groups in total. The summed E-state index contributed by atoms with van der Waals surface area (Å²) in [4.78, 5) is 24.0. The fourth-order valence-corrected chi connectivity index (χ4v) is 2.59. The molecule has 2 aromatic rings. The Hall–Kier alpha value is -1.56. The number of carbonyl (C=O) groups excluding carboxylic acids is 2. The van der Waals surface area contributed by atoms with E-state index in [0.29, 0.717) is 16.3 Å². The lowest BCUT2D eigenvalue weighted by Gasteiger charge is -2.13. The van der Waals surface area contributed by atoms with Crippen molar-refractivity contribution in [3.8, 4) is 5.75 Å². The smallest absolute Gasteiger partial charge is 0.344 e. The van der Waals surface area contributed by atoms with E-state index in [2.05, 4.69) is 15.9 Å². The molecule has 1 atom stereocenters. The molecule has 0 aliphatic carbocycles. The highest BCUT2D eigenvalue weighted by Gasteiger charge is 2.20. The van der Waals surface area contributed by atoms with E-state index in [1.165, 1.54) is 13.0 Å². The molecule has 0 bridgehead atoms. The summed E-state index contributed by atoms with van der Waals surface area (Å²) in [6.45, 7) is 1.15. The van der Waals surface area contributed by atoms with Crippen molar-refractivity contribution in [2.24, 2.45) is 0 Å². The van der Waals surface area contributed by atoms with Crippen molar-refractivity contribution in [1.82, 2.24) is 0 Å². The van der Waals surface area contributed by atoms with Crippen LogP contribution < -0.4 is 4.74 Å². The molecule has 24 heavy (non-hydrogen) atoms. The van der Waals surface area contributed by atoms with Gasteiger partial charge >= 0.3 is 5.97 Å². The van der Waals surface area contributed by atoms with Gasteiger partial charge in [0.25, 0.3) is 0 Å². The topological polar surface area (TPSA) is 52.6 Å². The maximum atomic E-state index is 12.2. The Bertz CT molecular complexity index is 747. The van der Waals surface area contributed by atoms with Crippen molar-refractivity contribution < 1.29 is 19.1 Å². The first-order valence-corrected chi connectivity index (χ1v) is 8.49. The monoisotopic (exact) mass is 430 g/mol. The predicted molar refractivity (Wildman–Crippen MR) is 96.0 cm³/mol. The molecule has 0 radical (unpaired) electrons. The summed E-state index contributed by atoms with van der Waals surface area (Å²) >= 11 is 15.0. The fraction of sp³-hybridized carbons (Fsp3) is 0.176. The molecule has 0 aliphatic rings. The Morgan fingerprint density at radius 3 is 2.42 bits per heavy atom. The second-order valence-corrected chi connectivity index (χ2v) is 6.63. The number of carbonyl (C=O) groups is 2. The maximum absolute atomic E-state index is 12.2. The molecule has 2 aromatic carbocycles. The van der Waals surface area contributed by atoms with E-state index in [1.807, 2.05) is 0 Å². The van der Waals surface area contributed by atoms with Gasteiger partial charge in [-0.2, -0.15) is 0 Å². The molecule has 2 rings (SSSR count). The van der Waals surface area contributed by atoms with Gasteiger partial charge in [-0.1, -0.05) is 51.3 Å². The number of hydrogen-bond acceptors (Lipinski definition) is 4. The lowest BCUT2D eigenvalue weighted by Crippen LogP contribution is -2.27. The number of ketones is 1. The summed E-state index contributed by atoms with van der Waals surface area (Å²) in [6.07, 6.45) is -0.914. The number of Topliss-reactive ketones (excluding diaryl/α,β-unsaturated/α-hetero) is 1. The van der Waals surface area contributed by atoms with Crippen molar-refractivity contribution in [1.29, 1.82) is 0 Å². The molecular weight excluding hydrogens is 419 g/mol. The molecule has 0 aliphatic heterocycles. The van der Waals surface area contributed by atoms with Crippen LogP contribution in [0.4, 0.5) is 0 Å². The Balaban J connectivity index is 1.89. The molecule has 0 saturated carbocycles. The molecule has 0 aromatic heterocycles. The highest BCUT2D eigenvalue weighted by atomic mass is 79.9. The number of rotatable bonds is 6. The average molecular weight is 432 g/mol. The zero-order valence-corrected chi connectivity index (χ0v) is 15.7. The summed E-state index contributed by atoms with van der Waals surface area (Å²) in [5.74, 6) is -0.649. The van der Waals surface area contributed by atoms with Crippen LogP contribution in [-0.2, 0) is 9.53 Å². The van der Waals surface area contributed by atoms with Crippen LogP contribution in [0.5, 0.6) is 5.75 Å². The summed E-state index contributed by atoms with van der Waals surface area (Å²) in [6, 6.07) is 11.4. The lowest BCUT2D eigenvalue weighted by molar-refractivity contribution is -0.148. The maximum Gasteiger partial charge on any atom is 0.344 e. The Labute approximate surface area is 157 Å². The second-order valence-electron chi connectivity index (χ2n) is 4.87. The second kappa shape index (κ2) is 8.51. The van der Waals surface area contributed by atoms with Gasteiger partial charge in [0.1, 0.15) is 5.75 Å². The quantitative estimate of drug-likeness (QED) is 0.479. The molecule has 126 valence electrons. The van der Waals surface area contributed by atoms with Gasteiger partial charge in [-0.15, -0.1) is 0 Å². The van der Waals surface area contributed by atoms with E-state index < -0.39 is 12.1 Å². The van der Waals surface area contributed by atoms with Crippen LogP contribution in [0.25, 0.3) is 0 Å². The third-order valence-electron chi connectivity index (χ3n) is 3.05. The predicted octanol–water partition coefficient (Wildman–Crippen LogP) is 4.95. The van der Waals surface area contributed by atoms with Crippen LogP contribution in [-0.4, -0.2) is 24.5 Å². The molecule has 0 spiro atoms. The molecule has 0 amide bonds. The van der Waals surface area contributed by atoms with Crippen LogP contribution in [0.2, 0.25) is 10.0 Å². The Kier molecular flexibility index (Phi) is 6.66. The number of benzene rings is 2. The van der Waals surface area contributed by atoms with Gasteiger partial charge in [-0.05, 0) is 37.3 Å². The summed E-state index contributed by atoms with van der Waals surface area (Å²) in [7, 11) is 0. The Morgan fingerprint density at radius 2 is 1.79 bits per heavy atom. The van der Waals surface area contributed by atoms with Gasteiger partial charge in [-0.25, -0.2) is 4.79 Å². The molecular formula is C17H13BrCl2O4. The number of halogens is 3. The minimum atomic E-state index is -0.914. The largest absolute Gasteiger partial charge is 0.480 e. The van der Waals surface area contributed by atoms with Crippen molar-refractivity contribution in [3.63, 3.8) is 0 Å². The molecule has 7 heteroatoms. The molecule has 0 heterocycles. The SMILES string of the molecule is C[C@H](OC(=O)COc1ccc(Cl)cc1Cl)C(=O)c1ccc(Br)cc1. The van der Waals surface area contributed by atoms with Crippen molar-refractivity contribution in [3.05, 3.63) is 62.5 Å². The fourth-order valence-electron chi connectivity index (χ4n) is 1.86. The first kappa shape index (κ1) is 18.8. The zero-order chi connectivity index (χ0) is 17.7. The van der Waals surface area contributed by atoms with E-state index in [4.69, 9.17) is 32.7 Å². The molecule has 0 unspecified atom stereocenters. The van der Waals surface area contributed by atoms with Crippen LogP contribution in [0.15, 0.2) is 46.9 Å². The lowest BCUT2D eigenvalue weighted by atomic mass is 10.1. The van der Waals surface area contributed by atoms with Gasteiger partial charge in [0.2, 0.25) is 5.78 Å². The van der Waals surface area contributed by atoms with Crippen LogP contribution in [0.3, 0.4) is 0 Å².